The van der Waals surface area contributed by atoms with Crippen molar-refractivity contribution in [1.29, 1.82) is 0 Å². The van der Waals surface area contributed by atoms with Gasteiger partial charge in [0, 0.05) is 24.6 Å². The molecular formula is C22H25ClFN3O2. The third kappa shape index (κ3) is 4.66. The number of hydrogen-bond donors (Lipinski definition) is 2. The molecule has 1 aliphatic rings. The highest BCUT2D eigenvalue weighted by molar-refractivity contribution is 5.83. The molecule has 1 fully saturated rings. The van der Waals surface area contributed by atoms with Gasteiger partial charge < -0.3 is 22.4 Å². The molecule has 7 heteroatoms. The number of aliphatic hydroxyl groups is 1. The number of hydrogen-bond acceptors (Lipinski definition) is 3. The highest BCUT2D eigenvalue weighted by atomic mass is 35.5. The first-order valence-electron chi connectivity index (χ1n) is 9.85. The number of halogens is 2. The highest BCUT2D eigenvalue weighted by Crippen LogP contribution is 2.21. The van der Waals surface area contributed by atoms with Gasteiger partial charge in [0.05, 0.1) is 36.8 Å². The van der Waals surface area contributed by atoms with Crippen LogP contribution in [0, 0.1) is 5.82 Å². The molecule has 0 spiro atoms. The van der Waals surface area contributed by atoms with E-state index in [1.807, 2.05) is 24.3 Å². The second kappa shape index (κ2) is 9.48. The van der Waals surface area contributed by atoms with Crippen LogP contribution in [-0.4, -0.2) is 41.1 Å². The number of piperidine rings is 1. The molecule has 2 N–H and O–H groups in total. The molecule has 1 aliphatic heterocycles. The second-order valence-electron chi connectivity index (χ2n) is 7.50. The van der Waals surface area contributed by atoms with Crippen LogP contribution in [-0.2, 0) is 6.42 Å². The van der Waals surface area contributed by atoms with Gasteiger partial charge in [-0.3, -0.25) is 4.79 Å². The average molecular weight is 418 g/mol. The summed E-state index contributed by atoms with van der Waals surface area (Å²) in [5.41, 5.74) is 1.76. The van der Waals surface area contributed by atoms with Gasteiger partial charge in [-0.15, -0.1) is 0 Å². The Morgan fingerprint density at radius 1 is 1.07 bits per heavy atom. The lowest BCUT2D eigenvalue weighted by Crippen LogP contribution is -3.13. The van der Waals surface area contributed by atoms with E-state index in [9.17, 15) is 9.18 Å². The maximum Gasteiger partial charge on any atom is 0.274 e. The van der Waals surface area contributed by atoms with Gasteiger partial charge in [0.25, 0.3) is 5.56 Å². The summed E-state index contributed by atoms with van der Waals surface area (Å²) in [6, 6.07) is 14.1. The van der Waals surface area contributed by atoms with Gasteiger partial charge in [-0.1, -0.05) is 30.3 Å². The average Bonchev–Trinajstić information content (AvgIpc) is 2.73. The number of nitrogens with zero attached hydrogens (tertiary/aromatic N) is 2. The summed E-state index contributed by atoms with van der Waals surface area (Å²) in [6.07, 6.45) is 2.29. The Labute approximate surface area is 175 Å². The van der Waals surface area contributed by atoms with E-state index in [4.69, 9.17) is 10.2 Å². The van der Waals surface area contributed by atoms with Crippen molar-refractivity contribution >= 4 is 10.8 Å². The Kier molecular flexibility index (Phi) is 7.00. The first-order chi connectivity index (χ1) is 13.7. The van der Waals surface area contributed by atoms with Crippen molar-refractivity contribution < 1.29 is 26.8 Å². The SMILES string of the molecule is O=c1c2ccccc2c(Cc2ccc(F)cc2)nn1C1CC[NH+](CCO)CC1.[Cl-]. The fourth-order valence-electron chi connectivity index (χ4n) is 4.11. The molecule has 0 saturated carbocycles. The molecule has 0 radical (unpaired) electrons. The number of rotatable bonds is 5. The Balaban J connectivity index is 0.00000240. The topological polar surface area (TPSA) is 59.6 Å². The van der Waals surface area contributed by atoms with Crippen LogP contribution in [0.2, 0.25) is 0 Å². The predicted octanol–water partition coefficient (Wildman–Crippen LogP) is -1.66. The molecule has 0 aliphatic carbocycles. The maximum absolute atomic E-state index is 13.2. The molecule has 5 nitrogen and oxygen atoms in total. The van der Waals surface area contributed by atoms with Crippen LogP contribution in [0.5, 0.6) is 0 Å². The van der Waals surface area contributed by atoms with Gasteiger partial charge in [-0.05, 0) is 23.8 Å². The molecule has 4 rings (SSSR count). The zero-order valence-electron chi connectivity index (χ0n) is 16.2. The number of aliphatic hydroxyl groups excluding tert-OH is 1. The molecule has 154 valence electrons. The standard InChI is InChI=1S/C22H24FN3O2.ClH/c23-17-7-5-16(6-8-17)15-21-19-3-1-2-4-20(19)22(28)26(24-21)18-9-11-25(12-10-18)13-14-27;/h1-8,18,27H,9-15H2;1H. The summed E-state index contributed by atoms with van der Waals surface area (Å²) >= 11 is 0. The quantitative estimate of drug-likeness (QED) is 0.522. The van der Waals surface area contributed by atoms with Crippen molar-refractivity contribution in [2.75, 3.05) is 26.2 Å². The Hall–Kier alpha value is -2.28. The van der Waals surface area contributed by atoms with Crippen LogP contribution >= 0.6 is 0 Å². The van der Waals surface area contributed by atoms with E-state index in [1.165, 1.54) is 17.0 Å². The van der Waals surface area contributed by atoms with Crippen molar-refractivity contribution in [3.8, 4) is 0 Å². The van der Waals surface area contributed by atoms with E-state index in [0.29, 0.717) is 11.8 Å². The molecule has 29 heavy (non-hydrogen) atoms. The first-order valence-corrected chi connectivity index (χ1v) is 9.85. The van der Waals surface area contributed by atoms with E-state index in [1.54, 1.807) is 16.8 Å². The number of benzene rings is 2. The summed E-state index contributed by atoms with van der Waals surface area (Å²) in [5, 5.41) is 15.4. The lowest BCUT2D eigenvalue weighted by Gasteiger charge is -2.29. The Morgan fingerprint density at radius 2 is 1.72 bits per heavy atom. The van der Waals surface area contributed by atoms with Gasteiger partial charge >= 0.3 is 0 Å². The van der Waals surface area contributed by atoms with Crippen molar-refractivity contribution in [3.63, 3.8) is 0 Å². The number of fused-ring (bicyclic) bond motifs is 1. The highest BCUT2D eigenvalue weighted by Gasteiger charge is 2.25. The summed E-state index contributed by atoms with van der Waals surface area (Å²) in [5.74, 6) is -0.260. The lowest BCUT2D eigenvalue weighted by molar-refractivity contribution is -0.906. The molecule has 0 bridgehead atoms. The van der Waals surface area contributed by atoms with Crippen molar-refractivity contribution in [2.24, 2.45) is 0 Å². The van der Waals surface area contributed by atoms with E-state index >= 15 is 0 Å². The minimum Gasteiger partial charge on any atom is -1.00 e. The zero-order valence-corrected chi connectivity index (χ0v) is 16.9. The molecule has 1 saturated heterocycles. The van der Waals surface area contributed by atoms with Crippen molar-refractivity contribution in [1.82, 2.24) is 9.78 Å². The fourth-order valence-corrected chi connectivity index (χ4v) is 4.11. The molecule has 2 aromatic carbocycles. The van der Waals surface area contributed by atoms with Gasteiger partial charge in [-0.2, -0.15) is 5.10 Å². The predicted molar refractivity (Wildman–Crippen MR) is 106 cm³/mol. The van der Waals surface area contributed by atoms with Gasteiger partial charge in [0.2, 0.25) is 0 Å². The first kappa shape index (κ1) is 21.4. The Bertz CT molecular complexity index is 1010. The molecule has 0 atom stereocenters. The monoisotopic (exact) mass is 417 g/mol. The van der Waals surface area contributed by atoms with Crippen LogP contribution in [0.3, 0.4) is 0 Å². The number of nitrogens with one attached hydrogen (secondary N) is 1. The van der Waals surface area contributed by atoms with Crippen LogP contribution in [0.1, 0.15) is 30.1 Å². The molecular weight excluding hydrogens is 393 g/mol. The number of likely N-dealkylation sites (tertiary alicyclic amines) is 1. The van der Waals surface area contributed by atoms with Gasteiger partial charge in [0.15, 0.2) is 0 Å². The largest absolute Gasteiger partial charge is 1.00 e. The summed E-state index contributed by atoms with van der Waals surface area (Å²) in [7, 11) is 0. The third-order valence-electron chi connectivity index (χ3n) is 5.66. The summed E-state index contributed by atoms with van der Waals surface area (Å²) in [4.78, 5) is 14.5. The molecule has 1 aromatic heterocycles. The van der Waals surface area contributed by atoms with Crippen LogP contribution in [0.4, 0.5) is 4.39 Å². The van der Waals surface area contributed by atoms with E-state index < -0.39 is 0 Å². The van der Waals surface area contributed by atoms with Crippen molar-refractivity contribution in [3.05, 3.63) is 76.0 Å². The van der Waals surface area contributed by atoms with Crippen LogP contribution in [0.15, 0.2) is 53.3 Å². The molecule has 0 amide bonds. The molecule has 3 aromatic rings. The van der Waals surface area contributed by atoms with E-state index in [-0.39, 0.29) is 36.4 Å². The second-order valence-corrected chi connectivity index (χ2v) is 7.50. The number of quaternary nitrogens is 1. The van der Waals surface area contributed by atoms with Crippen LogP contribution in [0.25, 0.3) is 10.8 Å². The number of aromatic nitrogens is 2. The minimum atomic E-state index is -0.260. The molecule has 0 unspecified atom stereocenters. The van der Waals surface area contributed by atoms with Crippen molar-refractivity contribution in [2.45, 2.75) is 25.3 Å². The van der Waals surface area contributed by atoms with Crippen LogP contribution < -0.4 is 22.9 Å². The van der Waals surface area contributed by atoms with E-state index in [0.717, 1.165) is 49.1 Å². The van der Waals surface area contributed by atoms with E-state index in [2.05, 4.69) is 0 Å². The lowest BCUT2D eigenvalue weighted by atomic mass is 10.0. The fraction of sp³-hybridized carbons (Fsp3) is 0.364. The third-order valence-corrected chi connectivity index (χ3v) is 5.66. The molecule has 2 heterocycles. The van der Waals surface area contributed by atoms with Gasteiger partial charge in [0.1, 0.15) is 12.4 Å². The maximum atomic E-state index is 13.2. The smallest absolute Gasteiger partial charge is 0.274 e. The zero-order chi connectivity index (χ0) is 19.5. The normalized spacial score (nSPS) is 19.1. The summed E-state index contributed by atoms with van der Waals surface area (Å²) < 4.78 is 14.9. The van der Waals surface area contributed by atoms with Gasteiger partial charge in [-0.25, -0.2) is 9.07 Å². The summed E-state index contributed by atoms with van der Waals surface area (Å²) in [6.45, 7) is 2.80. The minimum absolute atomic E-state index is 0. The Morgan fingerprint density at radius 3 is 2.38 bits per heavy atom.